The van der Waals surface area contributed by atoms with E-state index in [4.69, 9.17) is 4.74 Å². The third-order valence-corrected chi connectivity index (χ3v) is 8.28. The van der Waals surface area contributed by atoms with Gasteiger partial charge in [0.1, 0.15) is 29.9 Å². The van der Waals surface area contributed by atoms with Gasteiger partial charge in [-0.05, 0) is 73.4 Å². The van der Waals surface area contributed by atoms with Gasteiger partial charge in [-0.15, -0.1) is 0 Å². The molecule has 0 bridgehead atoms. The summed E-state index contributed by atoms with van der Waals surface area (Å²) in [5.41, 5.74) is 0.909. The van der Waals surface area contributed by atoms with E-state index in [1.54, 1.807) is 48.5 Å². The topological polar surface area (TPSA) is 96.0 Å². The standard InChI is InChI=1S/C31H36FN3O5S/c1-3-29(31(37)33-25-9-7-8-10-25)34(21-23-13-15-24(32)16-14-23)30(36)22-35(41(2,38)39)26-17-19-28(20-18-26)40-27-11-5-4-6-12-27/h4-6,11-20,25,29H,3,7-10,21-22H2,1-2H3,(H,33,37)/t29-/m0/s1. The molecule has 4 rings (SSSR count). The molecule has 1 atom stereocenters. The highest BCUT2D eigenvalue weighted by Gasteiger charge is 2.33. The minimum Gasteiger partial charge on any atom is -0.457 e. The Morgan fingerprint density at radius 3 is 2.15 bits per heavy atom. The van der Waals surface area contributed by atoms with Crippen molar-refractivity contribution in [3.63, 3.8) is 0 Å². The number of carbonyl (C=O) groups excluding carboxylic acids is 2. The highest BCUT2D eigenvalue weighted by Crippen LogP contribution is 2.26. The average Bonchev–Trinajstić information content (AvgIpc) is 3.46. The summed E-state index contributed by atoms with van der Waals surface area (Å²) in [6.07, 6.45) is 5.22. The van der Waals surface area contributed by atoms with E-state index in [-0.39, 0.29) is 24.2 Å². The van der Waals surface area contributed by atoms with Crippen molar-refractivity contribution in [2.75, 3.05) is 17.1 Å². The van der Waals surface area contributed by atoms with Crippen molar-refractivity contribution in [1.29, 1.82) is 0 Å². The third-order valence-electron chi connectivity index (χ3n) is 7.14. The number of hydrogen-bond acceptors (Lipinski definition) is 5. The number of anilines is 1. The molecular formula is C31H36FN3O5S. The van der Waals surface area contributed by atoms with Crippen molar-refractivity contribution in [3.05, 3.63) is 90.2 Å². The molecule has 1 N–H and O–H groups in total. The minimum absolute atomic E-state index is 0.0250. The summed E-state index contributed by atoms with van der Waals surface area (Å²) in [5.74, 6) is -0.0952. The second-order valence-corrected chi connectivity index (χ2v) is 12.1. The number of rotatable bonds is 12. The van der Waals surface area contributed by atoms with Crippen molar-refractivity contribution >= 4 is 27.5 Å². The zero-order valence-corrected chi connectivity index (χ0v) is 24.1. The summed E-state index contributed by atoms with van der Waals surface area (Å²) >= 11 is 0. The normalized spacial score (nSPS) is 14.3. The lowest BCUT2D eigenvalue weighted by Crippen LogP contribution is -2.53. The Hall–Kier alpha value is -3.92. The molecule has 0 spiro atoms. The first-order valence-electron chi connectivity index (χ1n) is 13.8. The van der Waals surface area contributed by atoms with Crippen LogP contribution in [0.25, 0.3) is 0 Å². The van der Waals surface area contributed by atoms with Crippen molar-refractivity contribution in [1.82, 2.24) is 10.2 Å². The van der Waals surface area contributed by atoms with Crippen LogP contribution in [0.3, 0.4) is 0 Å². The third kappa shape index (κ3) is 8.29. The zero-order valence-electron chi connectivity index (χ0n) is 23.3. The highest BCUT2D eigenvalue weighted by molar-refractivity contribution is 7.92. The molecule has 2 amide bonds. The fourth-order valence-corrected chi connectivity index (χ4v) is 5.84. The van der Waals surface area contributed by atoms with E-state index in [1.165, 1.54) is 17.0 Å². The lowest BCUT2D eigenvalue weighted by atomic mass is 10.1. The molecule has 0 unspecified atom stereocenters. The first-order chi connectivity index (χ1) is 19.6. The molecule has 0 radical (unpaired) electrons. The molecule has 218 valence electrons. The van der Waals surface area contributed by atoms with Crippen molar-refractivity contribution in [3.8, 4) is 11.5 Å². The predicted octanol–water partition coefficient (Wildman–Crippen LogP) is 5.25. The van der Waals surface area contributed by atoms with Gasteiger partial charge in [-0.3, -0.25) is 13.9 Å². The molecule has 41 heavy (non-hydrogen) atoms. The monoisotopic (exact) mass is 581 g/mol. The lowest BCUT2D eigenvalue weighted by Gasteiger charge is -2.33. The number of amides is 2. The van der Waals surface area contributed by atoms with Crippen LogP contribution in [0.5, 0.6) is 11.5 Å². The quantitative estimate of drug-likeness (QED) is 0.315. The molecule has 0 aliphatic heterocycles. The second-order valence-electron chi connectivity index (χ2n) is 10.2. The van der Waals surface area contributed by atoms with Crippen LogP contribution in [0.2, 0.25) is 0 Å². The Morgan fingerprint density at radius 1 is 0.951 bits per heavy atom. The maximum atomic E-state index is 13.8. The molecular weight excluding hydrogens is 545 g/mol. The first kappa shape index (κ1) is 30.0. The molecule has 8 nitrogen and oxygen atoms in total. The first-order valence-corrected chi connectivity index (χ1v) is 15.6. The van der Waals surface area contributed by atoms with Gasteiger partial charge in [-0.2, -0.15) is 0 Å². The van der Waals surface area contributed by atoms with Gasteiger partial charge in [0.05, 0.1) is 11.9 Å². The highest BCUT2D eigenvalue weighted by atomic mass is 32.2. The van der Waals surface area contributed by atoms with E-state index >= 15 is 0 Å². The van der Waals surface area contributed by atoms with Crippen LogP contribution in [0, 0.1) is 5.82 Å². The van der Waals surface area contributed by atoms with E-state index in [0.717, 1.165) is 36.2 Å². The van der Waals surface area contributed by atoms with E-state index in [2.05, 4.69) is 5.32 Å². The molecule has 10 heteroatoms. The Labute approximate surface area is 241 Å². The van der Waals surface area contributed by atoms with E-state index < -0.39 is 34.3 Å². The van der Waals surface area contributed by atoms with Crippen LogP contribution in [-0.2, 0) is 26.2 Å². The largest absolute Gasteiger partial charge is 0.457 e. The van der Waals surface area contributed by atoms with Crippen LogP contribution in [0.15, 0.2) is 78.9 Å². The molecule has 1 aliphatic rings. The predicted molar refractivity (Wildman–Crippen MR) is 157 cm³/mol. The SMILES string of the molecule is CC[C@@H](C(=O)NC1CCCC1)N(Cc1ccc(F)cc1)C(=O)CN(c1ccc(Oc2ccccc2)cc1)S(C)(=O)=O. The summed E-state index contributed by atoms with van der Waals surface area (Å²) in [7, 11) is -3.87. The van der Waals surface area contributed by atoms with Gasteiger partial charge < -0.3 is 15.0 Å². The summed E-state index contributed by atoms with van der Waals surface area (Å²) in [4.78, 5) is 28.6. The van der Waals surface area contributed by atoms with Gasteiger partial charge in [0.25, 0.3) is 0 Å². The summed E-state index contributed by atoms with van der Waals surface area (Å²) in [5, 5.41) is 3.06. The molecule has 1 saturated carbocycles. The minimum atomic E-state index is -3.87. The van der Waals surface area contributed by atoms with Crippen LogP contribution < -0.4 is 14.4 Å². The zero-order chi connectivity index (χ0) is 29.4. The molecule has 1 aliphatic carbocycles. The Morgan fingerprint density at radius 2 is 1.56 bits per heavy atom. The summed E-state index contributed by atoms with van der Waals surface area (Å²) in [6.45, 7) is 1.33. The van der Waals surface area contributed by atoms with E-state index in [9.17, 15) is 22.4 Å². The number of sulfonamides is 1. The van der Waals surface area contributed by atoms with Gasteiger partial charge in [-0.1, -0.05) is 50.1 Å². The maximum absolute atomic E-state index is 13.8. The van der Waals surface area contributed by atoms with Gasteiger partial charge in [0.2, 0.25) is 21.8 Å². The number of hydrogen-bond donors (Lipinski definition) is 1. The van der Waals surface area contributed by atoms with Crippen LogP contribution in [0.4, 0.5) is 10.1 Å². The number of halogens is 1. The Bertz CT molecular complexity index is 1410. The van der Waals surface area contributed by atoms with Gasteiger partial charge >= 0.3 is 0 Å². The molecule has 0 aromatic heterocycles. The summed E-state index contributed by atoms with van der Waals surface area (Å²) in [6, 6.07) is 20.5. The molecule has 3 aromatic carbocycles. The Kier molecular flexibility index (Phi) is 9.99. The number of benzene rings is 3. The van der Waals surface area contributed by atoms with Gasteiger partial charge in [0.15, 0.2) is 0 Å². The lowest BCUT2D eigenvalue weighted by molar-refractivity contribution is -0.140. The van der Waals surface area contributed by atoms with Crippen molar-refractivity contribution in [2.45, 2.75) is 57.7 Å². The van der Waals surface area contributed by atoms with E-state index in [1.807, 2.05) is 25.1 Å². The number of nitrogens with zero attached hydrogens (tertiary/aromatic N) is 2. The Balaban J connectivity index is 1.58. The second kappa shape index (κ2) is 13.6. The van der Waals surface area contributed by atoms with Gasteiger partial charge in [-0.25, -0.2) is 12.8 Å². The fraction of sp³-hybridized carbons (Fsp3) is 0.355. The summed E-state index contributed by atoms with van der Waals surface area (Å²) < 4.78 is 46.1. The molecule has 0 saturated heterocycles. The van der Waals surface area contributed by atoms with Crippen LogP contribution in [-0.4, -0.2) is 50.0 Å². The van der Waals surface area contributed by atoms with Crippen molar-refractivity contribution in [2.24, 2.45) is 0 Å². The van der Waals surface area contributed by atoms with Gasteiger partial charge in [0, 0.05) is 12.6 Å². The fourth-order valence-electron chi connectivity index (χ4n) is 4.99. The van der Waals surface area contributed by atoms with E-state index in [0.29, 0.717) is 23.5 Å². The molecule has 0 heterocycles. The number of para-hydroxylation sites is 1. The molecule has 1 fully saturated rings. The van der Waals surface area contributed by atoms with Crippen LogP contribution in [0.1, 0.15) is 44.6 Å². The number of ether oxygens (including phenoxy) is 1. The smallest absolute Gasteiger partial charge is 0.244 e. The van der Waals surface area contributed by atoms with Crippen molar-refractivity contribution < 1.29 is 27.1 Å². The maximum Gasteiger partial charge on any atom is 0.244 e. The number of carbonyl (C=O) groups is 2. The number of nitrogens with one attached hydrogen (secondary N) is 1. The van der Waals surface area contributed by atoms with Crippen LogP contribution >= 0.6 is 0 Å². The molecule has 3 aromatic rings. The average molecular weight is 582 g/mol.